The maximum atomic E-state index is 14.4. The van der Waals surface area contributed by atoms with E-state index >= 15 is 0 Å². The SMILES string of the molecule is COCCN(CCOC)C(=O)N1c2cc(F)ccc2[NH+]2C=NC(C(=O)OC(C)(C)C)=C2C1(C)C. The zero-order chi connectivity index (χ0) is 25.3. The number of esters is 1. The summed E-state index contributed by atoms with van der Waals surface area (Å²) in [5.41, 5.74) is -0.0186. The Kier molecular flexibility index (Phi) is 7.44. The van der Waals surface area contributed by atoms with Crippen molar-refractivity contribution in [2.24, 2.45) is 4.99 Å². The van der Waals surface area contributed by atoms with E-state index in [0.717, 1.165) is 0 Å². The van der Waals surface area contributed by atoms with E-state index in [1.807, 2.05) is 13.8 Å². The summed E-state index contributed by atoms with van der Waals surface area (Å²) in [7, 11) is 3.12. The fraction of sp³-hybridized carbons (Fsp3) is 0.542. The Morgan fingerprint density at radius 2 is 1.76 bits per heavy atom. The lowest BCUT2D eigenvalue weighted by Crippen LogP contribution is -3.07. The summed E-state index contributed by atoms with van der Waals surface area (Å²) in [5.74, 6) is -1.04. The van der Waals surface area contributed by atoms with Crippen LogP contribution in [0.15, 0.2) is 34.6 Å². The Morgan fingerprint density at radius 1 is 1.15 bits per heavy atom. The smallest absolute Gasteiger partial charge is 0.363 e. The van der Waals surface area contributed by atoms with Crippen LogP contribution >= 0.6 is 0 Å². The Bertz CT molecular complexity index is 1010. The first-order valence-corrected chi connectivity index (χ1v) is 11.2. The van der Waals surface area contributed by atoms with E-state index < -0.39 is 22.9 Å². The lowest BCUT2D eigenvalue weighted by molar-refractivity contribution is -0.680. The standard InChI is InChI=1S/C24H33FN4O5/c1-23(2,3)34-21(30)19-20-24(4,5)29(22(31)27(10-12-32-6)11-13-33-7)18-14-16(25)8-9-17(18)28(20)15-26-19/h8-9,14-15H,10-13H2,1-7H3/p+1. The van der Waals surface area contributed by atoms with Crippen molar-refractivity contribution in [2.45, 2.75) is 45.8 Å². The second kappa shape index (κ2) is 9.81. The van der Waals surface area contributed by atoms with Crippen molar-refractivity contribution in [3.63, 3.8) is 0 Å². The number of carbonyl (C=O) groups excluding carboxylic acids is 2. The van der Waals surface area contributed by atoms with Crippen molar-refractivity contribution in [3.8, 4) is 0 Å². The molecule has 2 heterocycles. The largest absolute Gasteiger partial charge is 0.455 e. The Hall–Kier alpha value is -2.82. The van der Waals surface area contributed by atoms with Gasteiger partial charge in [-0.05, 0) is 40.7 Å². The molecule has 0 fully saturated rings. The summed E-state index contributed by atoms with van der Waals surface area (Å²) in [4.78, 5) is 35.1. The molecular weight excluding hydrogens is 443 g/mol. The lowest BCUT2D eigenvalue weighted by atomic mass is 9.90. The van der Waals surface area contributed by atoms with Gasteiger partial charge < -0.3 is 19.1 Å². The average molecular weight is 478 g/mol. The number of urea groups is 1. The van der Waals surface area contributed by atoms with Gasteiger partial charge in [0.1, 0.15) is 22.6 Å². The van der Waals surface area contributed by atoms with Gasteiger partial charge in [0, 0.05) is 39.4 Å². The molecular formula is C24H34FN4O5+. The first kappa shape index (κ1) is 25.8. The van der Waals surface area contributed by atoms with Crippen LogP contribution in [-0.4, -0.2) is 74.9 Å². The second-order valence-corrected chi connectivity index (χ2v) is 9.71. The number of nitrogens with one attached hydrogen (secondary N) is 1. The monoisotopic (exact) mass is 477 g/mol. The third-order valence-electron chi connectivity index (χ3n) is 5.68. The quantitative estimate of drug-likeness (QED) is 0.609. The first-order valence-electron chi connectivity index (χ1n) is 11.2. The van der Waals surface area contributed by atoms with E-state index in [2.05, 4.69) is 4.99 Å². The molecule has 2 aliphatic heterocycles. The van der Waals surface area contributed by atoms with Crippen LogP contribution < -0.4 is 9.80 Å². The van der Waals surface area contributed by atoms with Gasteiger partial charge in [-0.2, -0.15) is 4.99 Å². The predicted octanol–water partition coefficient (Wildman–Crippen LogP) is 2.25. The molecule has 1 aromatic carbocycles. The lowest BCUT2D eigenvalue weighted by Gasteiger charge is -2.45. The fourth-order valence-corrected chi connectivity index (χ4v) is 4.21. The van der Waals surface area contributed by atoms with Crippen molar-refractivity contribution in [1.29, 1.82) is 0 Å². The van der Waals surface area contributed by atoms with Crippen LogP contribution in [0.4, 0.5) is 20.6 Å². The molecule has 0 bridgehead atoms. The molecule has 1 atom stereocenters. The maximum absolute atomic E-state index is 14.4. The molecule has 10 heteroatoms. The summed E-state index contributed by atoms with van der Waals surface area (Å²) >= 11 is 0. The van der Waals surface area contributed by atoms with Crippen molar-refractivity contribution < 1.29 is 33.1 Å². The summed E-state index contributed by atoms with van der Waals surface area (Å²) in [6.07, 6.45) is 1.59. The minimum absolute atomic E-state index is 0.142. The minimum atomic E-state index is -1.03. The van der Waals surface area contributed by atoms with Crippen molar-refractivity contribution in [2.75, 3.05) is 45.4 Å². The van der Waals surface area contributed by atoms with Gasteiger partial charge in [0.25, 0.3) is 0 Å². The normalized spacial score (nSPS) is 18.6. The van der Waals surface area contributed by atoms with Crippen LogP contribution in [0.3, 0.4) is 0 Å². The Morgan fingerprint density at radius 3 is 2.32 bits per heavy atom. The molecule has 1 N–H and O–H groups in total. The number of hydrogen-bond donors (Lipinski definition) is 1. The zero-order valence-electron chi connectivity index (χ0n) is 20.9. The van der Waals surface area contributed by atoms with Crippen LogP contribution in [0.25, 0.3) is 0 Å². The number of benzene rings is 1. The highest BCUT2D eigenvalue weighted by Crippen LogP contribution is 2.40. The van der Waals surface area contributed by atoms with E-state index in [1.165, 1.54) is 17.0 Å². The molecule has 186 valence electrons. The minimum Gasteiger partial charge on any atom is -0.455 e. The Balaban J connectivity index is 2.15. The van der Waals surface area contributed by atoms with Crippen LogP contribution in [0.5, 0.6) is 0 Å². The molecule has 1 unspecified atom stereocenters. The predicted molar refractivity (Wildman–Crippen MR) is 126 cm³/mol. The number of carbonyl (C=O) groups is 2. The summed E-state index contributed by atoms with van der Waals surface area (Å²) in [6, 6.07) is 3.92. The van der Waals surface area contributed by atoms with E-state index in [9.17, 15) is 14.0 Å². The molecule has 9 nitrogen and oxygen atoms in total. The number of hydrogen-bond acceptors (Lipinski definition) is 6. The van der Waals surface area contributed by atoms with Gasteiger partial charge in [-0.1, -0.05) is 0 Å². The number of anilines is 1. The highest BCUT2D eigenvalue weighted by Gasteiger charge is 2.54. The number of methoxy groups -OCH3 is 2. The van der Waals surface area contributed by atoms with Gasteiger partial charge in [-0.15, -0.1) is 0 Å². The number of aliphatic imine (C=N–C) groups is 1. The number of halogens is 1. The highest BCUT2D eigenvalue weighted by atomic mass is 19.1. The summed E-state index contributed by atoms with van der Waals surface area (Å²) < 4.78 is 30.4. The van der Waals surface area contributed by atoms with E-state index in [1.54, 1.807) is 52.3 Å². The third kappa shape index (κ3) is 4.98. The molecule has 0 aromatic heterocycles. The molecule has 3 rings (SSSR count). The number of fused-ring (bicyclic) bond motifs is 3. The first-order chi connectivity index (χ1) is 15.9. The fourth-order valence-electron chi connectivity index (χ4n) is 4.21. The number of quaternary nitrogens is 1. The van der Waals surface area contributed by atoms with Gasteiger partial charge in [-0.25, -0.2) is 18.9 Å². The highest BCUT2D eigenvalue weighted by molar-refractivity contribution is 6.00. The van der Waals surface area contributed by atoms with Crippen molar-refractivity contribution >= 4 is 29.7 Å². The van der Waals surface area contributed by atoms with Crippen LogP contribution in [-0.2, 0) is 19.0 Å². The Labute approximate surface area is 199 Å². The molecule has 2 amide bonds. The molecule has 2 aliphatic rings. The van der Waals surface area contributed by atoms with E-state index in [0.29, 0.717) is 48.3 Å². The average Bonchev–Trinajstić information content (AvgIpc) is 3.19. The van der Waals surface area contributed by atoms with Crippen LogP contribution in [0.1, 0.15) is 34.6 Å². The second-order valence-electron chi connectivity index (χ2n) is 9.71. The van der Waals surface area contributed by atoms with Gasteiger partial charge in [0.15, 0.2) is 17.7 Å². The summed E-state index contributed by atoms with van der Waals surface area (Å²) in [6.45, 7) is 10.3. The number of nitrogens with zero attached hydrogens (tertiary/aromatic N) is 3. The maximum Gasteiger partial charge on any atom is 0.363 e. The van der Waals surface area contributed by atoms with Gasteiger partial charge in [0.2, 0.25) is 5.70 Å². The molecule has 0 spiro atoms. The van der Waals surface area contributed by atoms with Crippen molar-refractivity contribution in [3.05, 3.63) is 35.4 Å². The third-order valence-corrected chi connectivity index (χ3v) is 5.68. The molecule has 0 saturated heterocycles. The van der Waals surface area contributed by atoms with Gasteiger partial charge in [0.05, 0.1) is 13.2 Å². The molecule has 34 heavy (non-hydrogen) atoms. The molecule has 0 radical (unpaired) electrons. The zero-order valence-corrected chi connectivity index (χ0v) is 20.9. The number of amides is 2. The van der Waals surface area contributed by atoms with E-state index in [4.69, 9.17) is 14.2 Å². The number of rotatable bonds is 7. The molecule has 1 aromatic rings. The van der Waals surface area contributed by atoms with Crippen molar-refractivity contribution in [1.82, 2.24) is 4.90 Å². The van der Waals surface area contributed by atoms with Gasteiger partial charge >= 0.3 is 12.0 Å². The van der Waals surface area contributed by atoms with Gasteiger partial charge in [-0.3, -0.25) is 4.90 Å². The molecule has 0 aliphatic carbocycles. The van der Waals surface area contributed by atoms with E-state index in [-0.39, 0.29) is 11.7 Å². The topological polar surface area (TPSA) is 85.1 Å². The van der Waals surface area contributed by atoms with Crippen LogP contribution in [0.2, 0.25) is 0 Å². The summed E-state index contributed by atoms with van der Waals surface area (Å²) in [5, 5.41) is 0. The van der Waals surface area contributed by atoms with Crippen LogP contribution in [0, 0.1) is 5.82 Å². The molecule has 0 saturated carbocycles. The number of ether oxygens (including phenoxy) is 3.